The maximum Gasteiger partial charge on any atom is 0.245 e. The van der Waals surface area contributed by atoms with Gasteiger partial charge in [-0.25, -0.2) is 4.98 Å². The van der Waals surface area contributed by atoms with E-state index in [1.54, 1.807) is 19.6 Å². The molecule has 4 rings (SSSR count). The molecule has 1 aliphatic rings. The smallest absolute Gasteiger partial charge is 0.245 e. The van der Waals surface area contributed by atoms with E-state index in [2.05, 4.69) is 46.3 Å². The van der Waals surface area contributed by atoms with Crippen LogP contribution >= 0.6 is 0 Å². The maximum absolute atomic E-state index is 12.9. The highest BCUT2D eigenvalue weighted by atomic mass is 16.5. The van der Waals surface area contributed by atoms with Crippen molar-refractivity contribution in [1.82, 2.24) is 19.4 Å². The van der Waals surface area contributed by atoms with Crippen molar-refractivity contribution in [2.45, 2.75) is 19.0 Å². The number of imidazole rings is 1. The third-order valence-electron chi connectivity index (χ3n) is 5.87. The van der Waals surface area contributed by atoms with Crippen molar-refractivity contribution in [2.24, 2.45) is 0 Å². The molecule has 2 atom stereocenters. The number of carbonyl (C=O) groups is 1. The van der Waals surface area contributed by atoms with Crippen LogP contribution in [0.2, 0.25) is 0 Å². The third-order valence-corrected chi connectivity index (χ3v) is 5.87. The third kappa shape index (κ3) is 4.24. The van der Waals surface area contributed by atoms with Crippen LogP contribution in [0.4, 0.5) is 0 Å². The molecule has 1 saturated heterocycles. The first-order valence-electron chi connectivity index (χ1n) is 10.4. The van der Waals surface area contributed by atoms with E-state index in [9.17, 15) is 4.79 Å². The molecule has 2 aromatic carbocycles. The number of piperazine rings is 1. The van der Waals surface area contributed by atoms with Crippen LogP contribution in [-0.2, 0) is 4.79 Å². The number of ether oxygens (including phenoxy) is 1. The van der Waals surface area contributed by atoms with Crippen LogP contribution in [0.1, 0.15) is 30.1 Å². The fourth-order valence-electron chi connectivity index (χ4n) is 4.13. The lowest BCUT2D eigenvalue weighted by molar-refractivity contribution is -0.136. The lowest BCUT2D eigenvalue weighted by atomic mass is 9.96. The summed E-state index contributed by atoms with van der Waals surface area (Å²) >= 11 is 0. The van der Waals surface area contributed by atoms with Gasteiger partial charge in [-0.1, -0.05) is 42.5 Å². The molecule has 0 bridgehead atoms. The van der Waals surface area contributed by atoms with Gasteiger partial charge in [0.05, 0.1) is 19.5 Å². The molecule has 3 aromatic rings. The monoisotopic (exact) mass is 404 g/mol. The Kier molecular flexibility index (Phi) is 6.14. The minimum absolute atomic E-state index is 0.147. The van der Waals surface area contributed by atoms with Crippen molar-refractivity contribution >= 4 is 5.91 Å². The van der Waals surface area contributed by atoms with E-state index in [1.165, 1.54) is 11.1 Å². The highest BCUT2D eigenvalue weighted by Gasteiger charge is 2.30. The zero-order valence-electron chi connectivity index (χ0n) is 17.5. The van der Waals surface area contributed by atoms with E-state index in [0.717, 1.165) is 31.9 Å². The van der Waals surface area contributed by atoms with E-state index in [0.29, 0.717) is 0 Å². The van der Waals surface area contributed by atoms with Crippen LogP contribution in [0.25, 0.3) is 0 Å². The van der Waals surface area contributed by atoms with Crippen LogP contribution < -0.4 is 4.74 Å². The first kappa shape index (κ1) is 20.2. The average molecular weight is 405 g/mol. The molecule has 0 radical (unpaired) electrons. The molecule has 0 N–H and O–H groups in total. The fourth-order valence-corrected chi connectivity index (χ4v) is 4.13. The number of hydrogen-bond donors (Lipinski definition) is 0. The molecule has 1 aliphatic heterocycles. The van der Waals surface area contributed by atoms with E-state index >= 15 is 0 Å². The van der Waals surface area contributed by atoms with Gasteiger partial charge >= 0.3 is 0 Å². The van der Waals surface area contributed by atoms with Crippen molar-refractivity contribution in [2.75, 3.05) is 33.3 Å². The van der Waals surface area contributed by atoms with Gasteiger partial charge in [-0.15, -0.1) is 0 Å². The quantitative estimate of drug-likeness (QED) is 0.632. The molecular weight excluding hydrogens is 376 g/mol. The number of methoxy groups -OCH3 is 1. The molecule has 1 aromatic heterocycles. The fraction of sp³-hybridized carbons (Fsp3) is 0.333. The number of hydrogen-bond acceptors (Lipinski definition) is 4. The van der Waals surface area contributed by atoms with E-state index in [1.807, 2.05) is 40.8 Å². The number of amides is 1. The second-order valence-corrected chi connectivity index (χ2v) is 7.63. The van der Waals surface area contributed by atoms with Crippen LogP contribution in [-0.4, -0.2) is 58.5 Å². The summed E-state index contributed by atoms with van der Waals surface area (Å²) in [5.41, 5.74) is 2.49. The Morgan fingerprint density at radius 2 is 1.63 bits per heavy atom. The number of aromatic nitrogens is 2. The summed E-state index contributed by atoms with van der Waals surface area (Å²) in [7, 11) is 1.69. The molecule has 0 spiro atoms. The Balaban J connectivity index is 1.50. The van der Waals surface area contributed by atoms with Crippen LogP contribution in [0.5, 0.6) is 5.75 Å². The highest BCUT2D eigenvalue weighted by Crippen LogP contribution is 2.31. The molecule has 0 saturated carbocycles. The first-order valence-corrected chi connectivity index (χ1v) is 10.4. The van der Waals surface area contributed by atoms with E-state index < -0.39 is 0 Å². The van der Waals surface area contributed by atoms with Gasteiger partial charge in [0.2, 0.25) is 5.91 Å². The summed E-state index contributed by atoms with van der Waals surface area (Å²) in [4.78, 5) is 21.4. The van der Waals surface area contributed by atoms with Gasteiger partial charge in [0, 0.05) is 38.6 Å². The van der Waals surface area contributed by atoms with Gasteiger partial charge < -0.3 is 14.2 Å². The summed E-state index contributed by atoms with van der Waals surface area (Å²) in [6.45, 7) is 5.02. The highest BCUT2D eigenvalue weighted by molar-refractivity contribution is 5.80. The van der Waals surface area contributed by atoms with Crippen LogP contribution in [0.3, 0.4) is 0 Å². The number of benzene rings is 2. The minimum Gasteiger partial charge on any atom is -0.497 e. The molecule has 0 unspecified atom stereocenters. The summed E-state index contributed by atoms with van der Waals surface area (Å²) in [6, 6.07) is 18.8. The largest absolute Gasteiger partial charge is 0.497 e. The second kappa shape index (κ2) is 9.13. The van der Waals surface area contributed by atoms with Gasteiger partial charge in [-0.05, 0) is 30.2 Å². The second-order valence-electron chi connectivity index (χ2n) is 7.63. The van der Waals surface area contributed by atoms with Crippen molar-refractivity contribution < 1.29 is 9.53 Å². The summed E-state index contributed by atoms with van der Waals surface area (Å²) < 4.78 is 7.19. The Bertz CT molecular complexity index is 933. The number of nitrogens with zero attached hydrogens (tertiary/aromatic N) is 4. The normalized spacial score (nSPS) is 16.8. The summed E-state index contributed by atoms with van der Waals surface area (Å²) in [6.07, 6.45) is 5.25. The molecule has 6 nitrogen and oxygen atoms in total. The van der Waals surface area contributed by atoms with Gasteiger partial charge in [-0.2, -0.15) is 0 Å². The van der Waals surface area contributed by atoms with Crippen molar-refractivity contribution in [1.29, 1.82) is 0 Å². The molecule has 2 heterocycles. The summed E-state index contributed by atoms with van der Waals surface area (Å²) in [5.74, 6) is 1.00. The topological polar surface area (TPSA) is 50.6 Å². The van der Waals surface area contributed by atoms with Crippen molar-refractivity contribution in [3.05, 3.63) is 84.4 Å². The van der Waals surface area contributed by atoms with Gasteiger partial charge in [0.1, 0.15) is 11.8 Å². The average Bonchev–Trinajstić information content (AvgIpc) is 3.35. The Hall–Kier alpha value is -3.12. The SMILES string of the molecule is COc1ccc([C@@H](c2ccccc2)N2CCN(C(=O)[C@@H](C)n3ccnc3)CC2)cc1. The molecule has 0 aliphatic carbocycles. The van der Waals surface area contributed by atoms with Crippen LogP contribution in [0, 0.1) is 0 Å². The number of rotatable bonds is 6. The van der Waals surface area contributed by atoms with Crippen molar-refractivity contribution in [3.8, 4) is 5.75 Å². The predicted octanol–water partition coefficient (Wildman–Crippen LogP) is 3.39. The zero-order valence-corrected chi connectivity index (χ0v) is 17.5. The maximum atomic E-state index is 12.9. The zero-order chi connectivity index (χ0) is 20.9. The predicted molar refractivity (Wildman–Crippen MR) is 116 cm³/mol. The minimum atomic E-state index is -0.231. The lowest BCUT2D eigenvalue weighted by Gasteiger charge is -2.40. The Morgan fingerprint density at radius 3 is 2.23 bits per heavy atom. The Morgan fingerprint density at radius 1 is 0.967 bits per heavy atom. The first-order chi connectivity index (χ1) is 14.7. The van der Waals surface area contributed by atoms with Crippen molar-refractivity contribution in [3.63, 3.8) is 0 Å². The lowest BCUT2D eigenvalue weighted by Crippen LogP contribution is -2.51. The van der Waals surface area contributed by atoms with Gasteiger partial charge in [-0.3, -0.25) is 9.69 Å². The molecule has 1 fully saturated rings. The molecule has 6 heteroatoms. The standard InChI is InChI=1S/C24H28N4O2/c1-19(28-13-12-25-18-28)24(29)27-16-14-26(15-17-27)23(20-6-4-3-5-7-20)21-8-10-22(30-2)11-9-21/h3-13,18-19,23H,14-17H2,1-2H3/t19-,23-/m1/s1. The van der Waals surface area contributed by atoms with Gasteiger partial charge in [0.25, 0.3) is 0 Å². The molecule has 156 valence electrons. The van der Waals surface area contributed by atoms with E-state index in [4.69, 9.17) is 4.74 Å². The Labute approximate surface area is 177 Å². The van der Waals surface area contributed by atoms with Gasteiger partial charge in [0.15, 0.2) is 0 Å². The summed E-state index contributed by atoms with van der Waals surface area (Å²) in [5, 5.41) is 0. The number of carbonyl (C=O) groups excluding carboxylic acids is 1. The van der Waals surface area contributed by atoms with Crippen LogP contribution in [0.15, 0.2) is 73.3 Å². The molecular formula is C24H28N4O2. The van der Waals surface area contributed by atoms with E-state index in [-0.39, 0.29) is 18.0 Å². The molecule has 1 amide bonds. The molecule has 30 heavy (non-hydrogen) atoms.